The highest BCUT2D eigenvalue weighted by Gasteiger charge is 2.39. The molecular formula is C15H29N3. The zero-order valence-corrected chi connectivity index (χ0v) is 12.1. The first kappa shape index (κ1) is 12.9. The third kappa shape index (κ3) is 2.45. The molecule has 0 aromatic heterocycles. The summed E-state index contributed by atoms with van der Waals surface area (Å²) < 4.78 is 0. The normalized spacial score (nSPS) is 39.2. The molecule has 3 fully saturated rings. The number of rotatable bonds is 3. The van der Waals surface area contributed by atoms with E-state index in [0.717, 1.165) is 24.2 Å². The monoisotopic (exact) mass is 251 g/mol. The first-order valence-corrected chi connectivity index (χ1v) is 7.99. The highest BCUT2D eigenvalue weighted by Crippen LogP contribution is 2.30. The van der Waals surface area contributed by atoms with Crippen molar-refractivity contribution in [2.75, 3.05) is 26.2 Å². The van der Waals surface area contributed by atoms with E-state index >= 15 is 0 Å². The maximum absolute atomic E-state index is 3.73. The Kier molecular flexibility index (Phi) is 3.92. The predicted molar refractivity (Wildman–Crippen MR) is 75.9 cm³/mol. The van der Waals surface area contributed by atoms with Gasteiger partial charge in [-0.05, 0) is 59.0 Å². The molecule has 0 saturated carbocycles. The van der Waals surface area contributed by atoms with Gasteiger partial charge in [-0.3, -0.25) is 9.80 Å². The molecule has 3 aliphatic heterocycles. The van der Waals surface area contributed by atoms with Crippen molar-refractivity contribution < 1.29 is 0 Å². The lowest BCUT2D eigenvalue weighted by Gasteiger charge is -2.34. The number of hydrogen-bond acceptors (Lipinski definition) is 3. The Hall–Kier alpha value is -0.120. The van der Waals surface area contributed by atoms with E-state index in [4.69, 9.17) is 0 Å². The molecule has 3 rings (SSSR count). The van der Waals surface area contributed by atoms with E-state index in [1.807, 2.05) is 0 Å². The molecule has 3 atom stereocenters. The van der Waals surface area contributed by atoms with Crippen molar-refractivity contribution in [3.8, 4) is 0 Å². The van der Waals surface area contributed by atoms with Crippen molar-refractivity contribution in [1.82, 2.24) is 15.1 Å². The van der Waals surface area contributed by atoms with Crippen LogP contribution in [0.4, 0.5) is 0 Å². The summed E-state index contributed by atoms with van der Waals surface area (Å²) in [5.74, 6) is 0. The van der Waals surface area contributed by atoms with Crippen molar-refractivity contribution in [3.63, 3.8) is 0 Å². The Morgan fingerprint density at radius 3 is 2.61 bits per heavy atom. The zero-order valence-electron chi connectivity index (χ0n) is 12.1. The van der Waals surface area contributed by atoms with Crippen molar-refractivity contribution in [2.24, 2.45) is 0 Å². The van der Waals surface area contributed by atoms with Crippen LogP contribution in [-0.4, -0.2) is 60.1 Å². The maximum atomic E-state index is 3.73. The first-order valence-electron chi connectivity index (χ1n) is 7.99. The summed E-state index contributed by atoms with van der Waals surface area (Å²) in [6.45, 7) is 9.88. The molecule has 0 aromatic carbocycles. The van der Waals surface area contributed by atoms with Gasteiger partial charge in [0.05, 0.1) is 0 Å². The summed E-state index contributed by atoms with van der Waals surface area (Å²) in [5.41, 5.74) is 0. The first-order chi connectivity index (χ1) is 8.75. The van der Waals surface area contributed by atoms with Crippen LogP contribution < -0.4 is 5.32 Å². The largest absolute Gasteiger partial charge is 0.312 e. The summed E-state index contributed by atoms with van der Waals surface area (Å²) in [5, 5.41) is 3.73. The van der Waals surface area contributed by atoms with E-state index in [9.17, 15) is 0 Å². The van der Waals surface area contributed by atoms with Crippen LogP contribution in [-0.2, 0) is 0 Å². The van der Waals surface area contributed by atoms with Gasteiger partial charge >= 0.3 is 0 Å². The Balaban J connectivity index is 1.61. The fourth-order valence-corrected chi connectivity index (χ4v) is 4.25. The molecule has 0 bridgehead atoms. The van der Waals surface area contributed by atoms with Crippen LogP contribution >= 0.6 is 0 Å². The molecule has 18 heavy (non-hydrogen) atoms. The van der Waals surface area contributed by atoms with Crippen LogP contribution in [0, 0.1) is 0 Å². The van der Waals surface area contributed by atoms with E-state index in [1.165, 1.54) is 58.3 Å². The van der Waals surface area contributed by atoms with E-state index in [2.05, 4.69) is 29.0 Å². The quantitative estimate of drug-likeness (QED) is 0.823. The Morgan fingerprint density at radius 2 is 1.94 bits per heavy atom. The third-order valence-electron chi connectivity index (χ3n) is 5.30. The van der Waals surface area contributed by atoms with Crippen LogP contribution in [0.2, 0.25) is 0 Å². The number of hydrogen-bond donors (Lipinski definition) is 1. The molecule has 3 unspecified atom stereocenters. The van der Waals surface area contributed by atoms with Gasteiger partial charge in [0.2, 0.25) is 0 Å². The van der Waals surface area contributed by atoms with Gasteiger partial charge in [0.1, 0.15) is 0 Å². The maximum Gasteiger partial charge on any atom is 0.0253 e. The lowest BCUT2D eigenvalue weighted by Crippen LogP contribution is -2.49. The molecule has 3 heterocycles. The van der Waals surface area contributed by atoms with Gasteiger partial charge in [-0.25, -0.2) is 0 Å². The minimum Gasteiger partial charge on any atom is -0.312 e. The number of nitrogens with one attached hydrogen (secondary N) is 1. The Bertz CT molecular complexity index is 273. The Morgan fingerprint density at radius 1 is 1.06 bits per heavy atom. The second kappa shape index (κ2) is 5.48. The second-order valence-corrected chi connectivity index (χ2v) is 6.68. The fourth-order valence-electron chi connectivity index (χ4n) is 4.25. The summed E-state index contributed by atoms with van der Waals surface area (Å²) in [7, 11) is 0. The summed E-state index contributed by atoms with van der Waals surface area (Å²) in [4.78, 5) is 5.51. The molecule has 1 N–H and O–H groups in total. The van der Waals surface area contributed by atoms with Crippen LogP contribution in [0.1, 0.15) is 46.0 Å². The predicted octanol–water partition coefficient (Wildman–Crippen LogP) is 1.69. The smallest absolute Gasteiger partial charge is 0.0253 e. The molecule has 3 aliphatic rings. The second-order valence-electron chi connectivity index (χ2n) is 6.68. The lowest BCUT2D eigenvalue weighted by atomic mass is 10.0. The molecule has 3 saturated heterocycles. The van der Waals surface area contributed by atoms with E-state index < -0.39 is 0 Å². The summed E-state index contributed by atoms with van der Waals surface area (Å²) >= 11 is 0. The molecule has 3 nitrogen and oxygen atoms in total. The number of nitrogens with zero attached hydrogens (tertiary/aromatic N) is 2. The van der Waals surface area contributed by atoms with Gasteiger partial charge in [-0.15, -0.1) is 0 Å². The topological polar surface area (TPSA) is 18.5 Å². The van der Waals surface area contributed by atoms with Crippen molar-refractivity contribution in [1.29, 1.82) is 0 Å². The van der Waals surface area contributed by atoms with Gasteiger partial charge in [0.25, 0.3) is 0 Å². The third-order valence-corrected chi connectivity index (χ3v) is 5.30. The van der Waals surface area contributed by atoms with Gasteiger partial charge in [-0.2, -0.15) is 0 Å². The molecule has 0 aromatic rings. The molecule has 0 aliphatic carbocycles. The van der Waals surface area contributed by atoms with E-state index in [0.29, 0.717) is 0 Å². The standard InChI is InChI=1S/C15H29N3/c1-12(2)17-10-7-13(11-17)18-9-4-6-15(18)14-5-3-8-16-14/h12-16H,3-11H2,1-2H3. The molecule has 0 amide bonds. The van der Waals surface area contributed by atoms with Gasteiger partial charge in [0, 0.05) is 37.3 Å². The fraction of sp³-hybridized carbons (Fsp3) is 1.00. The van der Waals surface area contributed by atoms with Gasteiger partial charge < -0.3 is 5.32 Å². The van der Waals surface area contributed by atoms with Crippen molar-refractivity contribution in [2.45, 2.75) is 70.1 Å². The Labute approximate surface area is 112 Å². The molecule has 0 radical (unpaired) electrons. The van der Waals surface area contributed by atoms with Crippen LogP contribution in [0.15, 0.2) is 0 Å². The molecule has 0 spiro atoms. The van der Waals surface area contributed by atoms with Crippen molar-refractivity contribution >= 4 is 0 Å². The average molecular weight is 251 g/mol. The van der Waals surface area contributed by atoms with E-state index in [-0.39, 0.29) is 0 Å². The minimum absolute atomic E-state index is 0.723. The summed E-state index contributed by atoms with van der Waals surface area (Å²) in [6, 6.07) is 3.19. The SMILES string of the molecule is CC(C)N1CCC(N2CCCC2C2CCCN2)C1. The number of likely N-dealkylation sites (tertiary alicyclic amines) is 2. The van der Waals surface area contributed by atoms with Crippen molar-refractivity contribution in [3.05, 3.63) is 0 Å². The highest BCUT2D eigenvalue weighted by atomic mass is 15.3. The minimum atomic E-state index is 0.723. The van der Waals surface area contributed by atoms with E-state index in [1.54, 1.807) is 0 Å². The highest BCUT2D eigenvalue weighted by molar-refractivity contribution is 4.97. The summed E-state index contributed by atoms with van der Waals surface area (Å²) in [6.07, 6.45) is 7.03. The molecule has 104 valence electrons. The average Bonchev–Trinajstić information content (AvgIpc) is 3.10. The molecule has 3 heteroatoms. The van der Waals surface area contributed by atoms with Crippen LogP contribution in [0.25, 0.3) is 0 Å². The molecular weight excluding hydrogens is 222 g/mol. The van der Waals surface area contributed by atoms with Crippen LogP contribution in [0.5, 0.6) is 0 Å². The lowest BCUT2D eigenvalue weighted by molar-refractivity contribution is 0.147. The zero-order chi connectivity index (χ0) is 12.5. The van der Waals surface area contributed by atoms with Crippen LogP contribution in [0.3, 0.4) is 0 Å². The van der Waals surface area contributed by atoms with Gasteiger partial charge in [0.15, 0.2) is 0 Å². The van der Waals surface area contributed by atoms with Gasteiger partial charge in [-0.1, -0.05) is 0 Å².